The van der Waals surface area contributed by atoms with E-state index in [1.807, 2.05) is 17.8 Å². The summed E-state index contributed by atoms with van der Waals surface area (Å²) in [6, 6.07) is 4.61. The number of hydrogen-bond acceptors (Lipinski definition) is 2. The van der Waals surface area contributed by atoms with Crippen LogP contribution in [0.3, 0.4) is 0 Å². The van der Waals surface area contributed by atoms with E-state index in [1.54, 1.807) is 18.3 Å². The van der Waals surface area contributed by atoms with Gasteiger partial charge in [0.15, 0.2) is 0 Å². The van der Waals surface area contributed by atoms with Gasteiger partial charge in [0.05, 0.1) is 0 Å². The van der Waals surface area contributed by atoms with Crippen LogP contribution in [0.4, 0.5) is 4.39 Å². The quantitative estimate of drug-likeness (QED) is 0.884. The highest BCUT2D eigenvalue weighted by Gasteiger charge is 2.20. The molecule has 1 N–H and O–H groups in total. The van der Waals surface area contributed by atoms with E-state index < -0.39 is 0 Å². The minimum atomic E-state index is -0.277. The van der Waals surface area contributed by atoms with Crippen molar-refractivity contribution in [2.75, 3.05) is 6.54 Å². The molecule has 1 aromatic carbocycles. The van der Waals surface area contributed by atoms with Crippen LogP contribution in [0.15, 0.2) is 30.6 Å². The summed E-state index contributed by atoms with van der Waals surface area (Å²) in [6.07, 6.45) is 5.21. The normalized spacial score (nSPS) is 12.6. The average Bonchev–Trinajstić information content (AvgIpc) is 2.81. The number of benzene rings is 1. The highest BCUT2D eigenvalue weighted by molar-refractivity contribution is 6.31. The van der Waals surface area contributed by atoms with E-state index in [-0.39, 0.29) is 11.9 Å². The number of halogens is 2. The van der Waals surface area contributed by atoms with E-state index in [2.05, 4.69) is 17.2 Å². The fraction of sp³-hybridized carbons (Fsp3) is 0.400. The number of nitrogens with one attached hydrogen (secondary N) is 1. The van der Waals surface area contributed by atoms with E-state index in [9.17, 15) is 4.39 Å². The Labute approximate surface area is 123 Å². The summed E-state index contributed by atoms with van der Waals surface area (Å²) < 4.78 is 16.0. The van der Waals surface area contributed by atoms with Crippen LogP contribution in [0.5, 0.6) is 0 Å². The first-order chi connectivity index (χ1) is 9.63. The maximum Gasteiger partial charge on any atom is 0.129 e. The van der Waals surface area contributed by atoms with E-state index in [4.69, 9.17) is 11.6 Å². The zero-order chi connectivity index (χ0) is 14.5. The Morgan fingerprint density at radius 1 is 1.45 bits per heavy atom. The maximum absolute atomic E-state index is 14.1. The van der Waals surface area contributed by atoms with Gasteiger partial charge >= 0.3 is 0 Å². The second kappa shape index (κ2) is 6.86. The standard InChI is InChI=1S/C15H19ClFN3/c1-3-7-18-13(10-14-19-8-9-20(14)2)15-11(16)5-4-6-12(15)17/h4-6,8-9,13,18H,3,7,10H2,1-2H3. The lowest BCUT2D eigenvalue weighted by Gasteiger charge is -2.20. The summed E-state index contributed by atoms with van der Waals surface area (Å²) in [4.78, 5) is 4.31. The lowest BCUT2D eigenvalue weighted by atomic mass is 10.0. The van der Waals surface area contributed by atoms with Crippen LogP contribution in [-0.2, 0) is 13.5 Å². The van der Waals surface area contributed by atoms with E-state index >= 15 is 0 Å². The lowest BCUT2D eigenvalue weighted by molar-refractivity contribution is 0.485. The van der Waals surface area contributed by atoms with Crippen molar-refractivity contribution in [1.29, 1.82) is 0 Å². The monoisotopic (exact) mass is 295 g/mol. The van der Waals surface area contributed by atoms with Crippen LogP contribution < -0.4 is 5.32 Å². The molecule has 1 unspecified atom stereocenters. The molecule has 0 aliphatic carbocycles. The smallest absolute Gasteiger partial charge is 0.129 e. The first-order valence-corrected chi connectivity index (χ1v) is 7.14. The summed E-state index contributed by atoms with van der Waals surface area (Å²) >= 11 is 6.18. The minimum absolute atomic E-state index is 0.176. The number of imidazole rings is 1. The molecule has 0 aliphatic heterocycles. The summed E-state index contributed by atoms with van der Waals surface area (Å²) in [6.45, 7) is 2.88. The van der Waals surface area contributed by atoms with Crippen molar-refractivity contribution in [1.82, 2.24) is 14.9 Å². The van der Waals surface area contributed by atoms with Crippen molar-refractivity contribution in [2.45, 2.75) is 25.8 Å². The SMILES string of the molecule is CCCNC(Cc1nccn1C)c1c(F)cccc1Cl. The number of aromatic nitrogens is 2. The molecule has 20 heavy (non-hydrogen) atoms. The van der Waals surface area contributed by atoms with Crippen LogP contribution in [0.1, 0.15) is 30.8 Å². The van der Waals surface area contributed by atoms with Gasteiger partial charge in [-0.15, -0.1) is 0 Å². The molecule has 3 nitrogen and oxygen atoms in total. The second-order valence-electron chi connectivity index (χ2n) is 4.80. The molecule has 1 atom stereocenters. The molecule has 2 aromatic rings. The Morgan fingerprint density at radius 3 is 2.85 bits per heavy atom. The molecule has 0 fully saturated rings. The highest BCUT2D eigenvalue weighted by Crippen LogP contribution is 2.28. The van der Waals surface area contributed by atoms with Gasteiger partial charge in [0.2, 0.25) is 0 Å². The van der Waals surface area contributed by atoms with Crippen molar-refractivity contribution in [3.63, 3.8) is 0 Å². The van der Waals surface area contributed by atoms with Crippen molar-refractivity contribution in [3.05, 3.63) is 52.8 Å². The molecule has 0 spiro atoms. The number of rotatable bonds is 6. The minimum Gasteiger partial charge on any atom is -0.338 e. The van der Waals surface area contributed by atoms with Crippen molar-refractivity contribution >= 4 is 11.6 Å². The molecule has 0 saturated carbocycles. The highest BCUT2D eigenvalue weighted by atomic mass is 35.5. The average molecular weight is 296 g/mol. The van der Waals surface area contributed by atoms with Crippen LogP contribution >= 0.6 is 11.6 Å². The Bertz CT molecular complexity index is 548. The van der Waals surface area contributed by atoms with Crippen LogP contribution in [0.25, 0.3) is 0 Å². The zero-order valence-corrected chi connectivity index (χ0v) is 12.5. The van der Waals surface area contributed by atoms with Gasteiger partial charge in [0.25, 0.3) is 0 Å². The van der Waals surface area contributed by atoms with Gasteiger partial charge in [-0.2, -0.15) is 0 Å². The van der Waals surface area contributed by atoms with Crippen LogP contribution in [0.2, 0.25) is 5.02 Å². The molecule has 0 bridgehead atoms. The third-order valence-electron chi connectivity index (χ3n) is 3.30. The molecule has 0 saturated heterocycles. The molecule has 108 valence electrons. The summed E-state index contributed by atoms with van der Waals surface area (Å²) in [5.41, 5.74) is 0.519. The molecule has 1 heterocycles. The summed E-state index contributed by atoms with van der Waals surface area (Å²) in [7, 11) is 1.93. The van der Waals surface area contributed by atoms with Gasteiger partial charge in [0.1, 0.15) is 11.6 Å². The maximum atomic E-state index is 14.1. The number of aryl methyl sites for hydroxylation is 1. The van der Waals surface area contributed by atoms with Crippen molar-refractivity contribution < 1.29 is 4.39 Å². The van der Waals surface area contributed by atoms with Gasteiger partial charge < -0.3 is 9.88 Å². The molecule has 0 amide bonds. The summed E-state index contributed by atoms with van der Waals surface area (Å²) in [5, 5.41) is 3.81. The second-order valence-corrected chi connectivity index (χ2v) is 5.21. The topological polar surface area (TPSA) is 29.9 Å². The summed E-state index contributed by atoms with van der Waals surface area (Å²) in [5.74, 6) is 0.623. The van der Waals surface area contributed by atoms with Crippen molar-refractivity contribution in [3.8, 4) is 0 Å². The molecule has 0 radical (unpaired) electrons. The predicted molar refractivity (Wildman–Crippen MR) is 79.4 cm³/mol. The fourth-order valence-electron chi connectivity index (χ4n) is 2.21. The third-order valence-corrected chi connectivity index (χ3v) is 3.63. The molecule has 1 aromatic heterocycles. The third kappa shape index (κ3) is 3.38. The van der Waals surface area contributed by atoms with E-state index in [0.29, 0.717) is 17.0 Å². The molecule has 5 heteroatoms. The number of hydrogen-bond donors (Lipinski definition) is 1. The van der Waals surface area contributed by atoms with Crippen LogP contribution in [-0.4, -0.2) is 16.1 Å². The first kappa shape index (κ1) is 15.0. The van der Waals surface area contributed by atoms with E-state index in [1.165, 1.54) is 6.07 Å². The predicted octanol–water partition coefficient (Wildman–Crippen LogP) is 3.50. The van der Waals surface area contributed by atoms with Crippen LogP contribution in [0, 0.1) is 5.82 Å². The molecular formula is C15H19ClFN3. The molecular weight excluding hydrogens is 277 g/mol. The molecule has 0 aliphatic rings. The van der Waals surface area contributed by atoms with Crippen molar-refractivity contribution in [2.24, 2.45) is 7.05 Å². The van der Waals surface area contributed by atoms with Gasteiger partial charge in [-0.05, 0) is 25.1 Å². The van der Waals surface area contributed by atoms with Gasteiger partial charge in [-0.25, -0.2) is 9.37 Å². The largest absolute Gasteiger partial charge is 0.338 e. The Hall–Kier alpha value is -1.39. The van der Waals surface area contributed by atoms with E-state index in [0.717, 1.165) is 18.8 Å². The lowest BCUT2D eigenvalue weighted by Crippen LogP contribution is -2.26. The first-order valence-electron chi connectivity index (χ1n) is 6.77. The Morgan fingerprint density at radius 2 is 2.25 bits per heavy atom. The molecule has 2 rings (SSSR count). The number of nitrogens with zero attached hydrogens (tertiary/aromatic N) is 2. The van der Waals surface area contributed by atoms with Gasteiger partial charge in [-0.3, -0.25) is 0 Å². The van der Waals surface area contributed by atoms with Gasteiger partial charge in [-0.1, -0.05) is 24.6 Å². The Balaban J connectivity index is 2.30. The Kier molecular flexibility index (Phi) is 5.15. The zero-order valence-electron chi connectivity index (χ0n) is 11.7. The van der Waals surface area contributed by atoms with Gasteiger partial charge in [0, 0.05) is 42.5 Å². The fourth-order valence-corrected chi connectivity index (χ4v) is 2.51.